The SMILES string of the molecule is C[C@H](Oc1nc(N2CCCC3(CCN3)C2)c2cc(Cl)c(-c3ccc(F)c4sc(N)c(C#N)c34)c(F)c2n1)C1CCCN1C. The Balaban J connectivity index is 1.42. The van der Waals surface area contributed by atoms with Crippen molar-refractivity contribution >= 4 is 54.7 Å². The smallest absolute Gasteiger partial charge is 0.319 e. The van der Waals surface area contributed by atoms with Crippen LogP contribution in [0.2, 0.25) is 5.02 Å². The highest BCUT2D eigenvalue weighted by Crippen LogP contribution is 2.46. The van der Waals surface area contributed by atoms with Crippen LogP contribution in [0.5, 0.6) is 6.01 Å². The number of benzene rings is 2. The maximum Gasteiger partial charge on any atom is 0.319 e. The first-order valence-corrected chi connectivity index (χ1v) is 15.9. The summed E-state index contributed by atoms with van der Waals surface area (Å²) in [5.41, 5.74) is 6.56. The number of nitrogens with one attached hydrogen (secondary N) is 1. The molecular weight excluding hydrogens is 592 g/mol. The van der Waals surface area contributed by atoms with Gasteiger partial charge in [-0.2, -0.15) is 15.2 Å². The number of fused-ring (bicyclic) bond motifs is 2. The average molecular weight is 624 g/mol. The molecule has 0 saturated carbocycles. The Morgan fingerprint density at radius 1 is 1.26 bits per heavy atom. The van der Waals surface area contributed by atoms with Crippen LogP contribution in [-0.4, -0.2) is 65.8 Å². The van der Waals surface area contributed by atoms with Gasteiger partial charge in [-0.1, -0.05) is 17.7 Å². The molecule has 0 bridgehead atoms. The normalized spacial score (nSPS) is 23.2. The molecule has 3 N–H and O–H groups in total. The monoisotopic (exact) mass is 623 g/mol. The van der Waals surface area contributed by atoms with Gasteiger partial charge in [-0.3, -0.25) is 4.90 Å². The molecule has 7 rings (SSSR count). The van der Waals surface area contributed by atoms with E-state index in [0.29, 0.717) is 11.2 Å². The first-order chi connectivity index (χ1) is 20.7. The van der Waals surface area contributed by atoms with Gasteiger partial charge in [0.25, 0.3) is 0 Å². The number of nitrogens with zero attached hydrogens (tertiary/aromatic N) is 5. The van der Waals surface area contributed by atoms with Gasteiger partial charge in [0.05, 0.1) is 15.3 Å². The highest BCUT2D eigenvalue weighted by Gasteiger charge is 2.41. The lowest BCUT2D eigenvalue weighted by Gasteiger charge is -2.50. The highest BCUT2D eigenvalue weighted by molar-refractivity contribution is 7.23. The Morgan fingerprint density at radius 2 is 2.07 bits per heavy atom. The summed E-state index contributed by atoms with van der Waals surface area (Å²) >= 11 is 7.81. The fourth-order valence-corrected chi connectivity index (χ4v) is 8.37. The summed E-state index contributed by atoms with van der Waals surface area (Å²) < 4.78 is 38.2. The molecule has 5 heterocycles. The molecular formula is C31H32ClF2N7OS. The second kappa shape index (κ2) is 10.7. The van der Waals surface area contributed by atoms with Crippen molar-refractivity contribution in [1.29, 1.82) is 5.26 Å². The number of thiophene rings is 1. The van der Waals surface area contributed by atoms with Crippen LogP contribution in [0.15, 0.2) is 18.2 Å². The molecule has 43 heavy (non-hydrogen) atoms. The van der Waals surface area contributed by atoms with Crippen LogP contribution in [-0.2, 0) is 0 Å². The molecule has 4 aromatic rings. The lowest BCUT2D eigenvalue weighted by molar-refractivity contribution is 0.112. The van der Waals surface area contributed by atoms with Crippen molar-refractivity contribution in [1.82, 2.24) is 20.2 Å². The molecule has 0 amide bonds. The molecule has 3 atom stereocenters. The topological polar surface area (TPSA) is 103 Å². The molecule has 8 nitrogen and oxygen atoms in total. The van der Waals surface area contributed by atoms with E-state index in [-0.39, 0.29) is 66.0 Å². The highest BCUT2D eigenvalue weighted by atomic mass is 35.5. The van der Waals surface area contributed by atoms with E-state index in [0.717, 1.165) is 69.6 Å². The molecule has 2 unspecified atom stereocenters. The van der Waals surface area contributed by atoms with Crippen molar-refractivity contribution in [3.63, 3.8) is 0 Å². The van der Waals surface area contributed by atoms with Crippen molar-refractivity contribution in [2.75, 3.05) is 43.9 Å². The predicted octanol–water partition coefficient (Wildman–Crippen LogP) is 6.09. The number of aromatic nitrogens is 2. The molecule has 3 aliphatic heterocycles. The van der Waals surface area contributed by atoms with Crippen LogP contribution in [0, 0.1) is 23.0 Å². The Hall–Kier alpha value is -3.30. The van der Waals surface area contributed by atoms with E-state index >= 15 is 4.39 Å². The zero-order chi connectivity index (χ0) is 30.0. The van der Waals surface area contributed by atoms with Crippen LogP contribution >= 0.6 is 22.9 Å². The summed E-state index contributed by atoms with van der Waals surface area (Å²) in [6.45, 7) is 5.46. The number of nitrogen functional groups attached to an aromatic ring is 1. The Morgan fingerprint density at radius 3 is 2.77 bits per heavy atom. The standard InChI is InChI=1S/C31H32ClF2N7OS/c1-16(22-5-3-11-40(22)2)42-30-38-26-18(29(39-30)41-12-4-8-31(15-41)9-10-37-31)13-20(32)24(25(26)34)17-6-7-21(33)27-23(17)19(14-35)28(36)43-27/h6-7,13,16,22,37H,3-5,8-12,15,36H2,1-2H3/t16-,22?,31?/m0/s1. The molecule has 12 heteroatoms. The van der Waals surface area contributed by atoms with Gasteiger partial charge in [-0.25, -0.2) is 8.78 Å². The number of anilines is 2. The number of halogens is 3. The van der Waals surface area contributed by atoms with Crippen molar-refractivity contribution in [3.05, 3.63) is 40.4 Å². The van der Waals surface area contributed by atoms with Crippen LogP contribution < -0.4 is 20.7 Å². The summed E-state index contributed by atoms with van der Waals surface area (Å²) in [5, 5.41) is 14.4. The van der Waals surface area contributed by atoms with Gasteiger partial charge in [-0.05, 0) is 76.9 Å². The quantitative estimate of drug-likeness (QED) is 0.275. The number of rotatable bonds is 5. The molecule has 0 radical (unpaired) electrons. The number of hydrogen-bond donors (Lipinski definition) is 2. The van der Waals surface area contributed by atoms with Crippen LogP contribution in [0.3, 0.4) is 0 Å². The summed E-state index contributed by atoms with van der Waals surface area (Å²) in [6, 6.07) is 6.72. The summed E-state index contributed by atoms with van der Waals surface area (Å²) in [6.07, 6.45) is 4.99. The minimum Gasteiger partial charge on any atom is -0.459 e. The van der Waals surface area contributed by atoms with Crippen molar-refractivity contribution < 1.29 is 13.5 Å². The third-order valence-electron chi connectivity index (χ3n) is 9.43. The van der Waals surface area contributed by atoms with E-state index in [1.807, 2.05) is 6.92 Å². The zero-order valence-corrected chi connectivity index (χ0v) is 25.6. The van der Waals surface area contributed by atoms with Gasteiger partial charge in [0.2, 0.25) is 0 Å². The molecule has 2 aromatic heterocycles. The van der Waals surface area contributed by atoms with E-state index < -0.39 is 11.6 Å². The predicted molar refractivity (Wildman–Crippen MR) is 167 cm³/mol. The molecule has 0 aliphatic carbocycles. The molecule has 2 aromatic carbocycles. The second-order valence-electron chi connectivity index (χ2n) is 12.0. The fourth-order valence-electron chi connectivity index (χ4n) is 7.12. The van der Waals surface area contributed by atoms with Gasteiger partial charge >= 0.3 is 6.01 Å². The average Bonchev–Trinajstić information content (AvgIpc) is 3.56. The minimum atomic E-state index is -0.684. The van der Waals surface area contributed by atoms with Crippen molar-refractivity contribution in [3.8, 4) is 23.2 Å². The summed E-state index contributed by atoms with van der Waals surface area (Å²) in [5.74, 6) is -0.644. The van der Waals surface area contributed by atoms with E-state index in [1.165, 1.54) is 12.1 Å². The molecule has 3 fully saturated rings. The van der Waals surface area contributed by atoms with E-state index in [9.17, 15) is 9.65 Å². The number of nitrogens with two attached hydrogens (primary N) is 1. The third kappa shape index (κ3) is 4.67. The largest absolute Gasteiger partial charge is 0.459 e. The van der Waals surface area contributed by atoms with Crippen LogP contribution in [0.4, 0.5) is 19.6 Å². The van der Waals surface area contributed by atoms with Gasteiger partial charge in [0, 0.05) is 41.0 Å². The van der Waals surface area contributed by atoms with E-state index in [4.69, 9.17) is 27.1 Å². The number of piperidine rings is 1. The Labute approximate surface area is 257 Å². The van der Waals surface area contributed by atoms with Gasteiger partial charge in [0.1, 0.15) is 34.3 Å². The maximum absolute atomic E-state index is 16.9. The molecule has 224 valence electrons. The summed E-state index contributed by atoms with van der Waals surface area (Å²) in [7, 11) is 2.08. The first-order valence-electron chi connectivity index (χ1n) is 14.7. The zero-order valence-electron chi connectivity index (χ0n) is 24.0. The number of likely N-dealkylation sites (tertiary alicyclic amines) is 1. The van der Waals surface area contributed by atoms with E-state index in [2.05, 4.69) is 33.2 Å². The van der Waals surface area contributed by atoms with Crippen LogP contribution in [0.1, 0.15) is 44.6 Å². The number of likely N-dealkylation sites (N-methyl/N-ethyl adjacent to an activating group) is 1. The Bertz CT molecular complexity index is 1800. The summed E-state index contributed by atoms with van der Waals surface area (Å²) in [4.78, 5) is 13.9. The second-order valence-corrected chi connectivity index (χ2v) is 13.5. The minimum absolute atomic E-state index is 0.0188. The fraction of sp³-hybridized carbons (Fsp3) is 0.452. The molecule has 3 saturated heterocycles. The van der Waals surface area contributed by atoms with E-state index in [1.54, 1.807) is 6.07 Å². The van der Waals surface area contributed by atoms with Crippen molar-refractivity contribution in [2.45, 2.75) is 56.7 Å². The Kier molecular flexibility index (Phi) is 7.08. The first kappa shape index (κ1) is 28.5. The number of hydrogen-bond acceptors (Lipinski definition) is 9. The lowest BCUT2D eigenvalue weighted by Crippen LogP contribution is -2.65. The van der Waals surface area contributed by atoms with Crippen molar-refractivity contribution in [2.24, 2.45) is 0 Å². The third-order valence-corrected chi connectivity index (χ3v) is 10.8. The molecule has 3 aliphatic rings. The lowest BCUT2D eigenvalue weighted by atomic mass is 9.80. The number of nitriles is 1. The molecule has 1 spiro atoms. The maximum atomic E-state index is 16.9. The van der Waals surface area contributed by atoms with Gasteiger partial charge in [0.15, 0.2) is 5.82 Å². The van der Waals surface area contributed by atoms with Gasteiger partial charge in [-0.15, -0.1) is 11.3 Å². The van der Waals surface area contributed by atoms with Crippen LogP contribution in [0.25, 0.3) is 32.1 Å². The number of ether oxygens (including phenoxy) is 1. The van der Waals surface area contributed by atoms with Gasteiger partial charge < -0.3 is 20.7 Å².